The maximum atomic E-state index is 12.8. The van der Waals surface area contributed by atoms with E-state index < -0.39 is 17.0 Å². The summed E-state index contributed by atoms with van der Waals surface area (Å²) in [6.07, 6.45) is 0. The molecule has 1 aliphatic rings. The van der Waals surface area contributed by atoms with Gasteiger partial charge in [-0.2, -0.15) is 0 Å². The number of fused-ring (bicyclic) bond motifs is 1. The molecule has 0 unspecified atom stereocenters. The number of aromatic amines is 1. The minimum absolute atomic E-state index is 0.00788. The predicted octanol–water partition coefficient (Wildman–Crippen LogP) is -0.212. The van der Waals surface area contributed by atoms with Crippen molar-refractivity contribution < 1.29 is 9.59 Å². The SMILES string of the molecule is Cn1c(N)c(C(=O)CN2CCN(C(=O)c3cc4ccccc4[nH]3)CC2)c(=O)n(C)c1=O. The van der Waals surface area contributed by atoms with Gasteiger partial charge in [0.2, 0.25) is 0 Å². The van der Waals surface area contributed by atoms with Crippen molar-refractivity contribution >= 4 is 28.4 Å². The smallest absolute Gasteiger partial charge is 0.332 e. The molecule has 2 aromatic heterocycles. The fourth-order valence-electron chi connectivity index (χ4n) is 3.87. The van der Waals surface area contributed by atoms with Crippen LogP contribution in [0.25, 0.3) is 10.9 Å². The van der Waals surface area contributed by atoms with Gasteiger partial charge in [-0.3, -0.25) is 28.4 Å². The maximum absolute atomic E-state index is 12.8. The molecule has 1 aliphatic heterocycles. The summed E-state index contributed by atoms with van der Waals surface area (Å²) < 4.78 is 1.96. The lowest BCUT2D eigenvalue weighted by molar-refractivity contribution is 0.0620. The highest BCUT2D eigenvalue weighted by Crippen LogP contribution is 2.17. The standard InChI is InChI=1S/C21H24N6O4/c1-24-18(22)17(20(30)25(2)21(24)31)16(28)12-26-7-9-27(10-8-26)19(29)15-11-13-5-3-4-6-14(13)23-15/h3-6,11,23H,7-10,12,22H2,1-2H3. The third kappa shape index (κ3) is 3.66. The summed E-state index contributed by atoms with van der Waals surface area (Å²) in [6, 6.07) is 9.54. The first kappa shape index (κ1) is 20.6. The second-order valence-corrected chi connectivity index (χ2v) is 7.73. The Balaban J connectivity index is 1.43. The van der Waals surface area contributed by atoms with Gasteiger partial charge in [0.25, 0.3) is 11.5 Å². The van der Waals surface area contributed by atoms with Crippen molar-refractivity contribution in [3.63, 3.8) is 0 Å². The molecule has 3 heterocycles. The molecule has 1 saturated heterocycles. The topological polar surface area (TPSA) is 126 Å². The molecule has 0 radical (unpaired) electrons. The van der Waals surface area contributed by atoms with Crippen LogP contribution in [-0.4, -0.2) is 68.3 Å². The van der Waals surface area contributed by atoms with Crippen LogP contribution in [0, 0.1) is 0 Å². The molecule has 1 aromatic carbocycles. The lowest BCUT2D eigenvalue weighted by Gasteiger charge is -2.34. The number of nitrogen functional groups attached to an aromatic ring is 1. The normalized spacial score (nSPS) is 14.8. The number of nitrogens with zero attached hydrogens (tertiary/aromatic N) is 4. The van der Waals surface area contributed by atoms with E-state index in [1.54, 1.807) is 4.90 Å². The van der Waals surface area contributed by atoms with Crippen molar-refractivity contribution in [1.29, 1.82) is 0 Å². The van der Waals surface area contributed by atoms with Crippen LogP contribution >= 0.6 is 0 Å². The van der Waals surface area contributed by atoms with Gasteiger partial charge in [0.1, 0.15) is 17.1 Å². The minimum atomic E-state index is -0.696. The Labute approximate surface area is 177 Å². The molecule has 3 aromatic rings. The lowest BCUT2D eigenvalue weighted by atomic mass is 10.1. The van der Waals surface area contributed by atoms with Crippen molar-refractivity contribution in [3.8, 4) is 0 Å². The molecule has 10 nitrogen and oxygen atoms in total. The number of piperazine rings is 1. The van der Waals surface area contributed by atoms with Crippen molar-refractivity contribution in [3.05, 3.63) is 62.4 Å². The van der Waals surface area contributed by atoms with E-state index in [0.717, 1.165) is 20.0 Å². The maximum Gasteiger partial charge on any atom is 0.332 e. The van der Waals surface area contributed by atoms with E-state index in [1.165, 1.54) is 14.1 Å². The Hall–Kier alpha value is -3.66. The number of nitrogens with one attached hydrogen (secondary N) is 1. The number of nitrogens with two attached hydrogens (primary N) is 1. The summed E-state index contributed by atoms with van der Waals surface area (Å²) in [6.45, 7) is 1.89. The number of rotatable bonds is 4. The van der Waals surface area contributed by atoms with Gasteiger partial charge in [0.15, 0.2) is 5.78 Å². The molecule has 4 rings (SSSR count). The number of ketones is 1. The number of benzene rings is 1. The molecule has 162 valence electrons. The molecule has 0 bridgehead atoms. The molecule has 3 N–H and O–H groups in total. The molecule has 0 saturated carbocycles. The molecular weight excluding hydrogens is 400 g/mol. The number of anilines is 1. The van der Waals surface area contributed by atoms with Gasteiger partial charge in [-0.05, 0) is 12.1 Å². The van der Waals surface area contributed by atoms with E-state index in [4.69, 9.17) is 5.73 Å². The summed E-state index contributed by atoms with van der Waals surface area (Å²) in [5.41, 5.74) is 5.86. The number of amides is 1. The molecule has 0 spiro atoms. The zero-order valence-electron chi connectivity index (χ0n) is 17.4. The molecule has 31 heavy (non-hydrogen) atoms. The van der Waals surface area contributed by atoms with Crippen molar-refractivity contribution in [1.82, 2.24) is 23.9 Å². The van der Waals surface area contributed by atoms with Gasteiger partial charge < -0.3 is 15.6 Å². The Morgan fingerprint density at radius 3 is 2.39 bits per heavy atom. The summed E-state index contributed by atoms with van der Waals surface area (Å²) >= 11 is 0. The van der Waals surface area contributed by atoms with Crippen molar-refractivity contribution in [2.75, 3.05) is 38.5 Å². The number of Topliss-reactive ketones (excluding diaryl/α,β-unsaturated/α-hetero) is 1. The van der Waals surface area contributed by atoms with Crippen LogP contribution in [0.1, 0.15) is 20.8 Å². The molecular formula is C21H24N6O4. The first-order valence-corrected chi connectivity index (χ1v) is 9.96. The summed E-state index contributed by atoms with van der Waals surface area (Å²) in [5.74, 6) is -0.659. The van der Waals surface area contributed by atoms with Gasteiger partial charge in [-0.15, -0.1) is 0 Å². The third-order valence-corrected chi connectivity index (χ3v) is 5.78. The van der Waals surface area contributed by atoms with Gasteiger partial charge >= 0.3 is 5.69 Å². The van der Waals surface area contributed by atoms with Crippen molar-refractivity contribution in [2.45, 2.75) is 0 Å². The Bertz CT molecular complexity index is 1260. The fourth-order valence-corrected chi connectivity index (χ4v) is 3.87. The van der Waals surface area contributed by atoms with Crippen molar-refractivity contribution in [2.24, 2.45) is 14.1 Å². The average Bonchev–Trinajstić information content (AvgIpc) is 3.21. The van der Waals surface area contributed by atoms with E-state index in [1.807, 2.05) is 35.2 Å². The van der Waals surface area contributed by atoms with Gasteiger partial charge in [0, 0.05) is 51.2 Å². The van der Waals surface area contributed by atoms with Gasteiger partial charge in [-0.25, -0.2) is 4.79 Å². The van der Waals surface area contributed by atoms with Crippen LogP contribution in [0.4, 0.5) is 5.82 Å². The van der Waals surface area contributed by atoms with E-state index in [9.17, 15) is 19.2 Å². The molecule has 1 amide bonds. The van der Waals surface area contributed by atoms with E-state index >= 15 is 0 Å². The zero-order chi connectivity index (χ0) is 22.3. The highest BCUT2D eigenvalue weighted by atomic mass is 16.2. The second-order valence-electron chi connectivity index (χ2n) is 7.73. The second kappa shape index (κ2) is 7.88. The number of carbonyl (C=O) groups is 2. The van der Waals surface area contributed by atoms with Crippen LogP contribution in [0.15, 0.2) is 39.9 Å². The summed E-state index contributed by atoms with van der Waals surface area (Å²) in [7, 11) is 2.73. The van der Waals surface area contributed by atoms with Crippen LogP contribution in [-0.2, 0) is 14.1 Å². The monoisotopic (exact) mass is 424 g/mol. The van der Waals surface area contributed by atoms with E-state index in [2.05, 4.69) is 4.98 Å². The van der Waals surface area contributed by atoms with E-state index in [-0.39, 0.29) is 23.8 Å². The predicted molar refractivity (Wildman–Crippen MR) is 116 cm³/mol. The fraction of sp³-hybridized carbons (Fsp3) is 0.333. The molecule has 0 atom stereocenters. The number of para-hydroxylation sites is 1. The first-order chi connectivity index (χ1) is 14.8. The van der Waals surface area contributed by atoms with E-state index in [0.29, 0.717) is 31.9 Å². The highest BCUT2D eigenvalue weighted by Gasteiger charge is 2.27. The van der Waals surface area contributed by atoms with Crippen LogP contribution < -0.4 is 17.0 Å². The van der Waals surface area contributed by atoms with Crippen LogP contribution in [0.3, 0.4) is 0 Å². The zero-order valence-corrected chi connectivity index (χ0v) is 17.4. The van der Waals surface area contributed by atoms with Crippen LogP contribution in [0.2, 0.25) is 0 Å². The lowest BCUT2D eigenvalue weighted by Crippen LogP contribution is -2.50. The van der Waals surface area contributed by atoms with Crippen LogP contribution in [0.5, 0.6) is 0 Å². The average molecular weight is 424 g/mol. The third-order valence-electron chi connectivity index (χ3n) is 5.78. The Kier molecular flexibility index (Phi) is 5.24. The number of carbonyl (C=O) groups excluding carboxylic acids is 2. The summed E-state index contributed by atoms with van der Waals surface area (Å²) in [4.78, 5) is 56.7. The number of H-pyrrole nitrogens is 1. The summed E-state index contributed by atoms with van der Waals surface area (Å²) in [5, 5.41) is 0.978. The number of hydrogen-bond acceptors (Lipinski definition) is 6. The molecule has 0 aliphatic carbocycles. The van der Waals surface area contributed by atoms with Gasteiger partial charge in [-0.1, -0.05) is 18.2 Å². The van der Waals surface area contributed by atoms with Gasteiger partial charge in [0.05, 0.1) is 6.54 Å². The number of hydrogen-bond donors (Lipinski definition) is 2. The Morgan fingerprint density at radius 1 is 1.03 bits per heavy atom. The first-order valence-electron chi connectivity index (χ1n) is 9.96. The Morgan fingerprint density at radius 2 is 1.71 bits per heavy atom. The molecule has 1 fully saturated rings. The quantitative estimate of drug-likeness (QED) is 0.558. The molecule has 10 heteroatoms. The number of aromatic nitrogens is 3. The minimum Gasteiger partial charge on any atom is -0.384 e. The highest BCUT2D eigenvalue weighted by molar-refractivity contribution is 6.01. The largest absolute Gasteiger partial charge is 0.384 e.